The summed E-state index contributed by atoms with van der Waals surface area (Å²) in [5.74, 6) is 4.70. The van der Waals surface area contributed by atoms with Crippen molar-refractivity contribution in [1.82, 2.24) is 9.80 Å². The molecule has 12 rings (SSSR count). The van der Waals surface area contributed by atoms with Crippen LogP contribution in [0.3, 0.4) is 0 Å². The highest BCUT2D eigenvalue weighted by Gasteiger charge is 2.38. The zero-order valence-corrected chi connectivity index (χ0v) is 47.9. The lowest BCUT2D eigenvalue weighted by Gasteiger charge is -2.35. The van der Waals surface area contributed by atoms with Crippen LogP contribution in [0.25, 0.3) is 22.3 Å². The molecule has 6 aliphatic heterocycles. The number of piperidine rings is 2. The third-order valence-corrected chi connectivity index (χ3v) is 15.7. The molecule has 6 heterocycles. The SMILES string of the molecule is CC(C)(C)C(=O)Oc1ccc2c(c1)OC(c1ccc(OCCN3CCCCC3)cc1)C1=C2COc2cc(O)ccc21.CC(C)(C)C(=O)Oc1ccc2c(c1)OCC1=C2C(c2ccc(OCCN3CCCCC3)cc2)Oc2cc(O)ccc21. The predicted molar refractivity (Wildman–Crippen MR) is 315 cm³/mol. The highest BCUT2D eigenvalue weighted by atomic mass is 16.5. The van der Waals surface area contributed by atoms with Crippen LogP contribution in [0.2, 0.25) is 0 Å². The first-order valence-electron chi connectivity index (χ1n) is 28.9. The Morgan fingerprint density at radius 2 is 0.829 bits per heavy atom. The molecule has 2 fully saturated rings. The molecule has 0 spiro atoms. The van der Waals surface area contributed by atoms with Crippen molar-refractivity contribution < 1.29 is 57.7 Å². The quantitative estimate of drug-likeness (QED) is 0.0882. The number of phenolic OH excluding ortho intramolecular Hbond substituents is 2. The van der Waals surface area contributed by atoms with Gasteiger partial charge in [0.1, 0.15) is 83.9 Å². The van der Waals surface area contributed by atoms with Gasteiger partial charge in [0.2, 0.25) is 0 Å². The van der Waals surface area contributed by atoms with E-state index in [0.717, 1.165) is 106 Å². The number of nitrogens with zero attached hydrogens (tertiary/aromatic N) is 2. The van der Waals surface area contributed by atoms with Crippen molar-refractivity contribution in [2.45, 2.75) is 92.3 Å². The van der Waals surface area contributed by atoms with Gasteiger partial charge in [-0.2, -0.15) is 0 Å². The number of hydrogen-bond donors (Lipinski definition) is 2. The minimum Gasteiger partial charge on any atom is -0.508 e. The molecule has 0 radical (unpaired) electrons. The number of carbonyl (C=O) groups excluding carboxylic acids is 2. The second kappa shape index (κ2) is 23.9. The molecule has 82 heavy (non-hydrogen) atoms. The highest BCUT2D eigenvalue weighted by Crippen LogP contribution is 2.54. The lowest BCUT2D eigenvalue weighted by molar-refractivity contribution is -0.143. The fourth-order valence-corrected chi connectivity index (χ4v) is 11.1. The molecule has 0 saturated carbocycles. The molecule has 2 saturated heterocycles. The summed E-state index contributed by atoms with van der Waals surface area (Å²) in [5, 5.41) is 20.3. The first-order chi connectivity index (χ1) is 39.5. The summed E-state index contributed by atoms with van der Waals surface area (Å²) in [6, 6.07) is 37.4. The Hall–Kier alpha value is -7.94. The summed E-state index contributed by atoms with van der Waals surface area (Å²) in [5.41, 5.74) is 8.23. The topological polar surface area (TPSA) is 155 Å². The highest BCUT2D eigenvalue weighted by molar-refractivity contribution is 6.01. The number of aromatic hydroxyl groups is 2. The number of hydrogen-bond acceptors (Lipinski definition) is 14. The largest absolute Gasteiger partial charge is 0.508 e. The number of rotatable bonds is 12. The Morgan fingerprint density at radius 1 is 0.463 bits per heavy atom. The van der Waals surface area contributed by atoms with Crippen LogP contribution in [-0.4, -0.2) is 97.6 Å². The van der Waals surface area contributed by atoms with Crippen LogP contribution in [0.4, 0.5) is 0 Å². The van der Waals surface area contributed by atoms with Crippen LogP contribution >= 0.6 is 0 Å². The van der Waals surface area contributed by atoms with Gasteiger partial charge in [-0.3, -0.25) is 19.4 Å². The van der Waals surface area contributed by atoms with Gasteiger partial charge in [0, 0.05) is 81.9 Å². The van der Waals surface area contributed by atoms with Gasteiger partial charge in [-0.05, 0) is 177 Å². The second-order valence-electron chi connectivity index (χ2n) is 24.0. The minimum absolute atomic E-state index is 0.145. The van der Waals surface area contributed by atoms with E-state index < -0.39 is 23.0 Å². The molecular weight excluding hydrogens is 1040 g/mol. The average molecular weight is 1110 g/mol. The van der Waals surface area contributed by atoms with E-state index in [2.05, 4.69) is 9.80 Å². The number of fused-ring (bicyclic) bond motifs is 8. The zero-order valence-electron chi connectivity index (χ0n) is 47.9. The monoisotopic (exact) mass is 1110 g/mol. The van der Waals surface area contributed by atoms with Crippen molar-refractivity contribution in [1.29, 1.82) is 0 Å². The van der Waals surface area contributed by atoms with E-state index in [4.69, 9.17) is 37.9 Å². The Morgan fingerprint density at radius 3 is 1.28 bits per heavy atom. The van der Waals surface area contributed by atoms with Crippen molar-refractivity contribution in [2.75, 3.05) is 65.7 Å². The first-order valence-corrected chi connectivity index (χ1v) is 28.9. The van der Waals surface area contributed by atoms with Crippen LogP contribution < -0.4 is 37.9 Å². The molecule has 2 unspecified atom stereocenters. The van der Waals surface area contributed by atoms with E-state index >= 15 is 0 Å². The van der Waals surface area contributed by atoms with Gasteiger partial charge in [0.25, 0.3) is 0 Å². The van der Waals surface area contributed by atoms with Gasteiger partial charge in [-0.1, -0.05) is 37.1 Å². The third-order valence-electron chi connectivity index (χ3n) is 15.7. The zero-order chi connectivity index (χ0) is 57.1. The summed E-state index contributed by atoms with van der Waals surface area (Å²) in [7, 11) is 0. The number of likely N-dealkylation sites (tertiary alicyclic amines) is 2. The number of esters is 2. The normalized spacial score (nSPS) is 18.4. The Balaban J connectivity index is 0.000000172. The number of carbonyl (C=O) groups is 2. The fraction of sp³-hybridized carbons (Fsp3) is 0.382. The smallest absolute Gasteiger partial charge is 0.316 e. The summed E-state index contributed by atoms with van der Waals surface area (Å²) in [4.78, 5) is 30.0. The maximum atomic E-state index is 12.6. The lowest BCUT2D eigenvalue weighted by atomic mass is 9.84. The number of phenols is 2. The molecule has 14 nitrogen and oxygen atoms in total. The van der Waals surface area contributed by atoms with E-state index in [1.54, 1.807) is 48.5 Å². The van der Waals surface area contributed by atoms with Gasteiger partial charge in [0.05, 0.1) is 10.8 Å². The number of benzene rings is 6. The van der Waals surface area contributed by atoms with Gasteiger partial charge in [0.15, 0.2) is 12.2 Å². The Kier molecular flexibility index (Phi) is 16.3. The van der Waals surface area contributed by atoms with Crippen molar-refractivity contribution in [3.8, 4) is 57.5 Å². The van der Waals surface area contributed by atoms with E-state index in [9.17, 15) is 19.8 Å². The molecule has 14 heteroatoms. The predicted octanol–water partition coefficient (Wildman–Crippen LogP) is 13.3. The second-order valence-corrected chi connectivity index (χ2v) is 24.0. The van der Waals surface area contributed by atoms with Crippen LogP contribution in [0.1, 0.15) is 126 Å². The van der Waals surface area contributed by atoms with Crippen LogP contribution in [0.5, 0.6) is 57.5 Å². The minimum atomic E-state index is -0.626. The molecule has 2 atom stereocenters. The van der Waals surface area contributed by atoms with Gasteiger partial charge in [-0.25, -0.2) is 0 Å². The van der Waals surface area contributed by atoms with Crippen LogP contribution in [0.15, 0.2) is 121 Å². The summed E-state index contributed by atoms with van der Waals surface area (Å²) in [6.07, 6.45) is 6.88. The summed E-state index contributed by atoms with van der Waals surface area (Å²) in [6.45, 7) is 19.4. The first kappa shape index (κ1) is 55.9. The van der Waals surface area contributed by atoms with E-state index in [-0.39, 0.29) is 23.4 Å². The molecule has 6 aromatic carbocycles. The van der Waals surface area contributed by atoms with Crippen LogP contribution in [-0.2, 0) is 9.59 Å². The average Bonchev–Trinajstić information content (AvgIpc) is 3.66. The van der Waals surface area contributed by atoms with Gasteiger partial charge in [-0.15, -0.1) is 0 Å². The van der Waals surface area contributed by atoms with E-state index in [1.165, 1.54) is 38.5 Å². The van der Waals surface area contributed by atoms with Crippen LogP contribution in [0, 0.1) is 10.8 Å². The van der Waals surface area contributed by atoms with Crippen molar-refractivity contribution in [3.63, 3.8) is 0 Å². The maximum Gasteiger partial charge on any atom is 0.316 e. The maximum absolute atomic E-state index is 12.6. The standard InChI is InChI=1S/2C34H37NO6/c1-34(2,3)33(37)40-25-12-14-26-28-21-39-29-19-23(36)9-13-27(29)31(28)32(41-30(26)20-25)22-7-10-24(11-8-22)38-18-17-35-15-5-4-6-16-35;1-34(2,3)33(37)40-25-12-14-27-29(20-25)39-21-28-26-13-9-23(36)19-30(26)41-32(31(27)28)22-7-10-24(11-8-22)38-18-17-35-15-5-4-6-16-35/h2*7-14,19-20,32,36H,4-6,15-18,21H2,1-3H3. The molecule has 6 aliphatic rings. The summed E-state index contributed by atoms with van der Waals surface area (Å²) >= 11 is 0. The van der Waals surface area contributed by atoms with Crippen molar-refractivity contribution in [3.05, 3.63) is 155 Å². The molecule has 2 N–H and O–H groups in total. The Labute approximate surface area is 480 Å². The van der Waals surface area contributed by atoms with Gasteiger partial charge >= 0.3 is 11.9 Å². The fourth-order valence-electron chi connectivity index (χ4n) is 11.1. The van der Waals surface area contributed by atoms with E-state index in [1.807, 2.05) is 114 Å². The van der Waals surface area contributed by atoms with E-state index in [0.29, 0.717) is 60.9 Å². The molecule has 6 aromatic rings. The molecule has 428 valence electrons. The van der Waals surface area contributed by atoms with Crippen molar-refractivity contribution >= 4 is 34.2 Å². The summed E-state index contributed by atoms with van der Waals surface area (Å²) < 4.78 is 49.0. The molecule has 0 aromatic heterocycles. The molecule has 0 amide bonds. The lowest BCUT2D eigenvalue weighted by Crippen LogP contribution is -2.33. The molecular formula is C68H74N2O12. The molecule has 0 aliphatic carbocycles. The Bertz CT molecular complexity index is 3380. The molecule has 0 bridgehead atoms. The number of ether oxygens (including phenoxy) is 8. The third kappa shape index (κ3) is 12.6. The van der Waals surface area contributed by atoms with Gasteiger partial charge < -0.3 is 48.1 Å². The van der Waals surface area contributed by atoms with Crippen molar-refractivity contribution in [2.24, 2.45) is 10.8 Å².